The summed E-state index contributed by atoms with van der Waals surface area (Å²) in [5.74, 6) is -4.16. The Morgan fingerprint density at radius 1 is 1.18 bits per heavy atom. The van der Waals surface area contributed by atoms with E-state index in [1.165, 1.54) is 18.2 Å². The first kappa shape index (κ1) is 31.5. The van der Waals surface area contributed by atoms with Crippen LogP contribution in [0, 0.1) is 23.0 Å². The van der Waals surface area contributed by atoms with Crippen molar-refractivity contribution in [3.8, 4) is 28.9 Å². The zero-order valence-electron chi connectivity index (χ0n) is 25.3. The van der Waals surface area contributed by atoms with Gasteiger partial charge in [0, 0.05) is 37.9 Å². The largest absolute Gasteiger partial charge is 0.504 e. The highest BCUT2D eigenvalue weighted by Gasteiger charge is 2.31. The number of halogens is 2. The number of amidine groups is 2. The summed E-state index contributed by atoms with van der Waals surface area (Å²) in [5, 5.41) is 17.8. The van der Waals surface area contributed by atoms with Crippen molar-refractivity contribution < 1.29 is 32.9 Å². The molecule has 13 heteroatoms. The number of ether oxygens (including phenoxy) is 3. The number of phenols is 1. The van der Waals surface area contributed by atoms with Gasteiger partial charge in [-0.1, -0.05) is 6.42 Å². The number of hydrogen-bond acceptors (Lipinski definition) is 10. The molecule has 11 nitrogen and oxygen atoms in total. The van der Waals surface area contributed by atoms with Crippen molar-refractivity contribution in [1.29, 1.82) is 5.41 Å². The van der Waals surface area contributed by atoms with Gasteiger partial charge < -0.3 is 34.9 Å². The maximum atomic E-state index is 15.7. The minimum Gasteiger partial charge on any atom is -0.504 e. The van der Waals surface area contributed by atoms with Crippen LogP contribution in [0.3, 0.4) is 0 Å². The Balaban J connectivity index is 1.46. The van der Waals surface area contributed by atoms with E-state index in [0.29, 0.717) is 37.5 Å². The number of nitrogens with one attached hydrogen (secondary N) is 1. The summed E-state index contributed by atoms with van der Waals surface area (Å²) in [6.45, 7) is 3.36. The van der Waals surface area contributed by atoms with E-state index in [4.69, 9.17) is 25.4 Å². The van der Waals surface area contributed by atoms with Gasteiger partial charge >= 0.3 is 5.97 Å². The number of likely N-dealkylation sites (N-methyl/N-ethyl adjacent to an activating group) is 1. The Labute approximate surface area is 259 Å². The van der Waals surface area contributed by atoms with Gasteiger partial charge in [-0.2, -0.15) is 4.39 Å². The highest BCUT2D eigenvalue weighted by molar-refractivity contribution is 6.03. The molecule has 2 atom stereocenters. The summed E-state index contributed by atoms with van der Waals surface area (Å²) in [7, 11) is 3.83. The fourth-order valence-corrected chi connectivity index (χ4v) is 5.60. The molecule has 0 saturated heterocycles. The average molecular weight is 623 g/mol. The quantitative estimate of drug-likeness (QED) is 0.158. The predicted molar refractivity (Wildman–Crippen MR) is 165 cm³/mol. The molecule has 0 radical (unpaired) electrons. The zero-order valence-corrected chi connectivity index (χ0v) is 25.3. The molecule has 0 bridgehead atoms. The molecule has 4 N–H and O–H groups in total. The minimum absolute atomic E-state index is 0.0868. The number of aromatic nitrogens is 1. The number of rotatable bonds is 10. The van der Waals surface area contributed by atoms with Gasteiger partial charge in [0.05, 0.1) is 30.8 Å². The number of nitrogen functional groups attached to an aromatic ring is 1. The molecule has 2 aromatic carbocycles. The number of anilines is 1. The van der Waals surface area contributed by atoms with Crippen LogP contribution >= 0.6 is 0 Å². The lowest BCUT2D eigenvalue weighted by Gasteiger charge is -2.36. The van der Waals surface area contributed by atoms with Crippen LogP contribution in [0.5, 0.6) is 28.9 Å². The highest BCUT2D eigenvalue weighted by atomic mass is 19.1. The maximum absolute atomic E-state index is 15.7. The monoisotopic (exact) mass is 622 g/mol. The highest BCUT2D eigenvalue weighted by Crippen LogP contribution is 2.39. The molecule has 2 unspecified atom stereocenters. The van der Waals surface area contributed by atoms with Crippen LogP contribution in [-0.2, 0) is 9.53 Å². The van der Waals surface area contributed by atoms with Crippen LogP contribution in [0.15, 0.2) is 47.6 Å². The molecule has 1 aromatic heterocycles. The SMILES string of the molecule is CCOC(=O)C1CCCC(N(C)c2ccc(Oc3c(F)cnc(Oc4cc(C(=N)N)ccc4O)c3F)c(C3=NCCN3C)c2)C1. The normalized spacial score (nSPS) is 17.9. The van der Waals surface area contributed by atoms with Crippen molar-refractivity contribution >= 4 is 23.3 Å². The van der Waals surface area contributed by atoms with E-state index in [2.05, 4.69) is 14.9 Å². The molecule has 2 aliphatic rings. The van der Waals surface area contributed by atoms with E-state index in [9.17, 15) is 9.90 Å². The third kappa shape index (κ3) is 6.76. The van der Waals surface area contributed by atoms with E-state index in [-0.39, 0.29) is 46.6 Å². The fraction of sp³-hybridized carbons (Fsp3) is 0.375. The van der Waals surface area contributed by atoms with E-state index < -0.39 is 23.3 Å². The second-order valence-electron chi connectivity index (χ2n) is 11.0. The summed E-state index contributed by atoms with van der Waals surface area (Å²) >= 11 is 0. The number of benzene rings is 2. The lowest BCUT2D eigenvalue weighted by molar-refractivity contribution is -0.149. The van der Waals surface area contributed by atoms with Crippen LogP contribution in [0.4, 0.5) is 14.5 Å². The van der Waals surface area contributed by atoms with Gasteiger partial charge in [0.15, 0.2) is 17.3 Å². The van der Waals surface area contributed by atoms with Crippen LogP contribution in [0.25, 0.3) is 0 Å². The second-order valence-corrected chi connectivity index (χ2v) is 11.0. The molecule has 3 aromatic rings. The van der Waals surface area contributed by atoms with Gasteiger partial charge in [0.25, 0.3) is 5.88 Å². The molecule has 5 rings (SSSR count). The van der Waals surface area contributed by atoms with Crippen LogP contribution in [0.1, 0.15) is 43.7 Å². The van der Waals surface area contributed by atoms with Crippen molar-refractivity contribution in [1.82, 2.24) is 9.88 Å². The van der Waals surface area contributed by atoms with Crippen molar-refractivity contribution in [3.05, 3.63) is 65.4 Å². The molecular weight excluding hydrogens is 586 g/mol. The number of nitrogens with zero attached hydrogens (tertiary/aromatic N) is 4. The van der Waals surface area contributed by atoms with Crippen LogP contribution < -0.4 is 20.1 Å². The van der Waals surface area contributed by atoms with E-state index in [1.54, 1.807) is 19.1 Å². The Morgan fingerprint density at radius 3 is 2.69 bits per heavy atom. The summed E-state index contributed by atoms with van der Waals surface area (Å²) in [4.78, 5) is 24.8. The first-order chi connectivity index (χ1) is 21.6. The molecule has 1 fully saturated rings. The number of esters is 1. The molecule has 1 saturated carbocycles. The fourth-order valence-electron chi connectivity index (χ4n) is 5.60. The van der Waals surface area contributed by atoms with E-state index in [1.807, 2.05) is 25.1 Å². The van der Waals surface area contributed by atoms with Crippen molar-refractivity contribution in [2.24, 2.45) is 16.6 Å². The number of carbonyl (C=O) groups is 1. The van der Waals surface area contributed by atoms with Crippen molar-refractivity contribution in [2.75, 3.05) is 38.7 Å². The Bertz CT molecular complexity index is 1630. The molecular formula is C32H36F2N6O5. The molecule has 0 spiro atoms. The lowest BCUT2D eigenvalue weighted by Crippen LogP contribution is -2.38. The van der Waals surface area contributed by atoms with Gasteiger partial charge in [0.1, 0.15) is 17.4 Å². The number of pyridine rings is 1. The predicted octanol–water partition coefficient (Wildman–Crippen LogP) is 5.18. The zero-order chi connectivity index (χ0) is 32.2. The van der Waals surface area contributed by atoms with E-state index in [0.717, 1.165) is 31.1 Å². The number of carbonyl (C=O) groups excluding carboxylic acids is 1. The average Bonchev–Trinajstić information content (AvgIpc) is 3.46. The third-order valence-electron chi connectivity index (χ3n) is 8.07. The molecule has 1 aliphatic heterocycles. The van der Waals surface area contributed by atoms with Crippen LogP contribution in [0.2, 0.25) is 0 Å². The molecule has 2 heterocycles. The molecule has 45 heavy (non-hydrogen) atoms. The summed E-state index contributed by atoms with van der Waals surface area (Å²) < 4.78 is 47.4. The second kappa shape index (κ2) is 13.4. The summed E-state index contributed by atoms with van der Waals surface area (Å²) in [6.07, 6.45) is 4.00. The van der Waals surface area contributed by atoms with Gasteiger partial charge in [-0.3, -0.25) is 15.2 Å². The molecule has 1 aliphatic carbocycles. The summed E-state index contributed by atoms with van der Waals surface area (Å²) in [5.41, 5.74) is 7.10. The van der Waals surface area contributed by atoms with Gasteiger partial charge in [0.2, 0.25) is 11.6 Å². The van der Waals surface area contributed by atoms with Crippen molar-refractivity contribution in [2.45, 2.75) is 38.6 Å². The number of phenolic OH excluding ortho intramolecular Hbond substituents is 1. The third-order valence-corrected chi connectivity index (χ3v) is 8.07. The maximum Gasteiger partial charge on any atom is 0.308 e. The topological polar surface area (TPSA) is 147 Å². The van der Waals surface area contributed by atoms with Gasteiger partial charge in [-0.25, -0.2) is 9.37 Å². The Morgan fingerprint density at radius 2 is 1.98 bits per heavy atom. The number of hydrogen-bond donors (Lipinski definition) is 3. The van der Waals surface area contributed by atoms with Gasteiger partial charge in [-0.15, -0.1) is 0 Å². The Kier molecular flexibility index (Phi) is 9.35. The Hall–Kier alpha value is -4.94. The number of nitrogens with two attached hydrogens (primary N) is 1. The van der Waals surface area contributed by atoms with E-state index >= 15 is 8.78 Å². The van der Waals surface area contributed by atoms with Crippen molar-refractivity contribution in [3.63, 3.8) is 0 Å². The first-order valence-electron chi connectivity index (χ1n) is 14.7. The molecule has 238 valence electrons. The first-order valence-corrected chi connectivity index (χ1v) is 14.7. The smallest absolute Gasteiger partial charge is 0.308 e. The number of aliphatic imine (C=N–C) groups is 1. The molecule has 0 amide bonds. The minimum atomic E-state index is -1.23. The van der Waals surface area contributed by atoms with Gasteiger partial charge in [-0.05, 0) is 62.6 Å². The van der Waals surface area contributed by atoms with Crippen LogP contribution in [-0.4, -0.2) is 72.5 Å². The summed E-state index contributed by atoms with van der Waals surface area (Å²) in [6, 6.07) is 9.24. The standard InChI is InChI=1S/C32H36F2N6O5/c1-4-43-32(42)19-6-5-7-20(14-19)40(3)21-9-11-25(22(16-21)30-37-12-13-39(30)2)44-28-23(33)17-38-31(27(28)34)45-26-15-18(29(35)36)8-10-24(26)41/h8-11,15-17,19-20,41H,4-7,12-14H2,1-3H3,(H3,35,36). The number of aromatic hydroxyl groups is 1. The lowest BCUT2D eigenvalue weighted by atomic mass is 9.85.